The van der Waals surface area contributed by atoms with Crippen LogP contribution in [-0.2, 0) is 6.18 Å². The van der Waals surface area contributed by atoms with Crippen LogP contribution in [0.4, 0.5) is 23.7 Å². The highest BCUT2D eigenvalue weighted by molar-refractivity contribution is 7.96. The smallest absolute Gasteiger partial charge is 0.307 e. The molecule has 0 atom stereocenters. The van der Waals surface area contributed by atoms with Gasteiger partial charge >= 0.3 is 12.2 Å². The number of anilines is 1. The maximum atomic E-state index is 12.9. The molecule has 2 amide bonds. The van der Waals surface area contributed by atoms with Crippen LogP contribution in [0.15, 0.2) is 83.5 Å². The number of rotatable bonds is 5. The fourth-order valence-electron chi connectivity index (χ4n) is 4.23. The van der Waals surface area contributed by atoms with Crippen LogP contribution in [0.25, 0.3) is 27.5 Å². The van der Waals surface area contributed by atoms with E-state index < -0.39 is 11.7 Å². The molecule has 2 N–H and O–H groups in total. The number of nitrogens with zero attached hydrogens (tertiary/aromatic N) is 3. The molecule has 0 unspecified atom stereocenters. The number of imidazole rings is 1. The van der Waals surface area contributed by atoms with Crippen molar-refractivity contribution in [3.63, 3.8) is 0 Å². The molecule has 1 aromatic heterocycles. The number of halogens is 3. The van der Waals surface area contributed by atoms with Crippen molar-refractivity contribution in [3.8, 4) is 5.69 Å². The predicted molar refractivity (Wildman–Crippen MR) is 147 cm³/mol. The second-order valence-electron chi connectivity index (χ2n) is 8.72. The molecule has 0 spiro atoms. The zero-order valence-electron chi connectivity index (χ0n) is 20.4. The Hall–Kier alpha value is -4.31. The van der Waals surface area contributed by atoms with Crippen molar-refractivity contribution in [1.29, 1.82) is 0 Å². The maximum Gasteiger partial charge on any atom is 0.416 e. The van der Waals surface area contributed by atoms with Gasteiger partial charge in [-0.15, -0.1) is 0 Å². The van der Waals surface area contributed by atoms with Gasteiger partial charge < -0.3 is 5.32 Å². The van der Waals surface area contributed by atoms with Crippen LogP contribution in [0.2, 0.25) is 0 Å². The molecule has 0 bridgehead atoms. The van der Waals surface area contributed by atoms with E-state index in [1.807, 2.05) is 62.4 Å². The zero-order valence-corrected chi connectivity index (χ0v) is 21.2. The first kappa shape index (κ1) is 25.3. The lowest BCUT2D eigenvalue weighted by atomic mass is 10.1. The quantitative estimate of drug-likeness (QED) is 0.180. The molecule has 6 nitrogen and oxygen atoms in total. The molecular weight excluding hydrogens is 511 g/mol. The Labute approximate surface area is 220 Å². The number of hydrogen-bond acceptors (Lipinski definition) is 4. The number of carbonyl (C=O) groups excluding carboxylic acids is 1. The van der Waals surface area contributed by atoms with Crippen LogP contribution in [0.3, 0.4) is 0 Å². The highest BCUT2D eigenvalue weighted by Crippen LogP contribution is 2.31. The van der Waals surface area contributed by atoms with Gasteiger partial charge in [-0.1, -0.05) is 36.4 Å². The summed E-state index contributed by atoms with van der Waals surface area (Å²) in [5, 5.41) is 4.68. The van der Waals surface area contributed by atoms with Crippen molar-refractivity contribution in [2.24, 2.45) is 4.40 Å². The monoisotopic (exact) mass is 533 g/mol. The molecule has 10 heteroatoms. The summed E-state index contributed by atoms with van der Waals surface area (Å²) in [5.41, 5.74) is 4.99. The Morgan fingerprint density at radius 3 is 2.45 bits per heavy atom. The third kappa shape index (κ3) is 5.21. The number of urea groups is 1. The Morgan fingerprint density at radius 2 is 1.74 bits per heavy atom. The summed E-state index contributed by atoms with van der Waals surface area (Å²) >= 11 is 0.920. The van der Waals surface area contributed by atoms with Gasteiger partial charge in [0.1, 0.15) is 6.33 Å². The number of alkyl halides is 3. The van der Waals surface area contributed by atoms with Crippen molar-refractivity contribution in [3.05, 3.63) is 101 Å². The third-order valence-corrected chi connectivity index (χ3v) is 6.63. The average molecular weight is 534 g/mol. The number of fused-ring (bicyclic) bond motifs is 3. The minimum Gasteiger partial charge on any atom is -0.307 e. The average Bonchev–Trinajstić information content (AvgIpc) is 3.33. The molecule has 5 aromatic rings. The molecule has 38 heavy (non-hydrogen) atoms. The summed E-state index contributed by atoms with van der Waals surface area (Å²) < 4.78 is 47.4. The minimum absolute atomic E-state index is 0.367. The first-order chi connectivity index (χ1) is 18.2. The van der Waals surface area contributed by atoms with Gasteiger partial charge in [-0.2, -0.15) is 13.2 Å². The fourth-order valence-corrected chi connectivity index (χ4v) is 4.59. The summed E-state index contributed by atoms with van der Waals surface area (Å²) in [6.07, 6.45) is -1.13. The van der Waals surface area contributed by atoms with Gasteiger partial charge in [0.15, 0.2) is 0 Å². The summed E-state index contributed by atoms with van der Waals surface area (Å²) in [6.45, 7) is 3.86. The molecule has 0 aliphatic rings. The van der Waals surface area contributed by atoms with Gasteiger partial charge in [-0.05, 0) is 72.3 Å². The Kier molecular flexibility index (Phi) is 6.81. The molecular formula is C28H22F3N5OS. The minimum atomic E-state index is -4.38. The van der Waals surface area contributed by atoms with Gasteiger partial charge in [-0.3, -0.25) is 9.29 Å². The summed E-state index contributed by atoms with van der Waals surface area (Å²) in [4.78, 5) is 16.7. The largest absolute Gasteiger partial charge is 0.416 e. The van der Waals surface area contributed by atoms with E-state index in [1.54, 1.807) is 17.1 Å². The molecule has 192 valence electrons. The van der Waals surface area contributed by atoms with Gasteiger partial charge in [0.05, 0.1) is 28.7 Å². The van der Waals surface area contributed by atoms with Crippen LogP contribution in [0.1, 0.15) is 22.3 Å². The number of para-hydroxylation sites is 1. The Balaban J connectivity index is 1.29. The van der Waals surface area contributed by atoms with Crippen LogP contribution in [0.5, 0.6) is 0 Å². The molecule has 4 aromatic carbocycles. The Bertz CT molecular complexity index is 1660. The van der Waals surface area contributed by atoms with Crippen LogP contribution >= 0.6 is 12.1 Å². The van der Waals surface area contributed by atoms with E-state index in [2.05, 4.69) is 19.4 Å². The summed E-state index contributed by atoms with van der Waals surface area (Å²) in [5.74, 6) is 0. The van der Waals surface area contributed by atoms with E-state index in [0.29, 0.717) is 5.69 Å². The molecule has 1 heterocycles. The number of aromatic nitrogens is 2. The molecule has 0 aliphatic heterocycles. The van der Waals surface area contributed by atoms with Gasteiger partial charge in [-0.25, -0.2) is 14.2 Å². The molecule has 0 fully saturated rings. The van der Waals surface area contributed by atoms with Crippen molar-refractivity contribution < 1.29 is 18.0 Å². The fraction of sp³-hybridized carbons (Fsp3) is 0.107. The number of carbonyl (C=O) groups is 1. The van der Waals surface area contributed by atoms with Gasteiger partial charge in [0.2, 0.25) is 0 Å². The predicted octanol–water partition coefficient (Wildman–Crippen LogP) is 7.62. The van der Waals surface area contributed by atoms with E-state index in [-0.39, 0.29) is 6.03 Å². The first-order valence-corrected chi connectivity index (χ1v) is 12.4. The normalized spacial score (nSPS) is 11.9. The lowest BCUT2D eigenvalue weighted by Crippen LogP contribution is -2.23. The van der Waals surface area contributed by atoms with Crippen molar-refractivity contribution in [2.45, 2.75) is 20.0 Å². The van der Waals surface area contributed by atoms with Gasteiger partial charge in [0, 0.05) is 23.0 Å². The zero-order chi connectivity index (χ0) is 26.9. The highest BCUT2D eigenvalue weighted by Gasteiger charge is 2.30. The summed E-state index contributed by atoms with van der Waals surface area (Å²) in [7, 11) is 0. The second-order valence-corrected chi connectivity index (χ2v) is 9.32. The molecule has 0 radical (unpaired) electrons. The van der Waals surface area contributed by atoms with Crippen molar-refractivity contribution in [2.75, 3.05) is 5.32 Å². The number of amides is 2. The lowest BCUT2D eigenvalue weighted by Gasteiger charge is -2.10. The van der Waals surface area contributed by atoms with Gasteiger partial charge in [0.25, 0.3) is 0 Å². The third-order valence-electron chi connectivity index (χ3n) is 6.14. The Morgan fingerprint density at radius 1 is 1.00 bits per heavy atom. The molecule has 0 aliphatic carbocycles. The standard InChI is InChI=1S/C28H22F3N5OS/c1-17-4-3-5-18(2)25(17)34-27(37)35-38-33-15-19-6-12-23-20(14-19)7-13-24-26(23)32-16-36(24)22-10-8-21(9-11-22)28(29,30)31/h3-16H,1-2H3,(H2,34,35,37)/b33-15+. The SMILES string of the molecule is Cc1cccc(C)c1NC(=O)NS/N=C/c1ccc2c(ccc3c2ncn3-c2ccc(C(F)(F)F)cc2)c1. The van der Waals surface area contributed by atoms with E-state index in [1.165, 1.54) is 12.1 Å². The van der Waals surface area contributed by atoms with E-state index in [0.717, 1.165) is 68.5 Å². The van der Waals surface area contributed by atoms with E-state index >= 15 is 0 Å². The second kappa shape index (κ2) is 10.2. The van der Waals surface area contributed by atoms with Crippen LogP contribution in [0, 0.1) is 13.8 Å². The van der Waals surface area contributed by atoms with E-state index in [4.69, 9.17) is 0 Å². The van der Waals surface area contributed by atoms with Crippen molar-refractivity contribution in [1.82, 2.24) is 14.3 Å². The first-order valence-electron chi connectivity index (χ1n) is 11.6. The van der Waals surface area contributed by atoms with Crippen LogP contribution < -0.4 is 10.0 Å². The molecule has 5 rings (SSSR count). The maximum absolute atomic E-state index is 12.9. The summed E-state index contributed by atoms with van der Waals surface area (Å²) in [6, 6.07) is 20.0. The van der Waals surface area contributed by atoms with E-state index in [9.17, 15) is 18.0 Å². The number of hydrogen-bond donors (Lipinski definition) is 2. The van der Waals surface area contributed by atoms with Crippen molar-refractivity contribution >= 4 is 51.9 Å². The molecule has 0 saturated heterocycles. The number of aryl methyl sites for hydroxylation is 2. The van der Waals surface area contributed by atoms with Crippen LogP contribution in [-0.4, -0.2) is 21.8 Å². The number of benzene rings is 4. The highest BCUT2D eigenvalue weighted by atomic mass is 32.2. The molecule has 0 saturated carbocycles. The number of nitrogens with one attached hydrogen (secondary N) is 2. The lowest BCUT2D eigenvalue weighted by molar-refractivity contribution is -0.137. The topological polar surface area (TPSA) is 71.3 Å².